The molecule has 0 unspecified atom stereocenters. The molecule has 0 spiro atoms. The van der Waals surface area contributed by atoms with Crippen LogP contribution in [0, 0.1) is 20.2 Å². The first kappa shape index (κ1) is 19.5. The average molecular weight is 422 g/mol. The maximum Gasteiger partial charge on any atom is 0.471 e. The lowest BCUT2D eigenvalue weighted by molar-refractivity contribution is -0.551. The van der Waals surface area contributed by atoms with Gasteiger partial charge in [0.2, 0.25) is 10.9 Å². The minimum atomic E-state index is -0.735. The normalized spacial score (nSPS) is 10.9. The van der Waals surface area contributed by atoms with E-state index < -0.39 is 15.9 Å². The van der Waals surface area contributed by atoms with E-state index >= 15 is 0 Å². The zero-order chi connectivity index (χ0) is 21.1. The molecule has 150 valence electrons. The Labute approximate surface area is 174 Å². The number of benzene rings is 2. The molecular formula is C19H14N6O4S. The fraction of sp³-hybridized carbons (Fsp3) is 0.105. The first-order chi connectivity index (χ1) is 14.5. The molecule has 0 aromatic heterocycles. The molecule has 2 aromatic rings. The molecule has 2 aliphatic heterocycles. The Balaban J connectivity index is 1.85. The molecule has 0 saturated heterocycles. The van der Waals surface area contributed by atoms with Crippen molar-refractivity contribution in [1.29, 1.82) is 0 Å². The van der Waals surface area contributed by atoms with Crippen molar-refractivity contribution < 1.29 is 9.96 Å². The van der Waals surface area contributed by atoms with Crippen LogP contribution in [0.25, 0.3) is 11.5 Å². The molecule has 10 nitrogen and oxygen atoms in total. The van der Waals surface area contributed by atoms with Gasteiger partial charge >= 0.3 is 5.95 Å². The third kappa shape index (κ3) is 3.96. The van der Waals surface area contributed by atoms with Crippen LogP contribution in [0.5, 0.6) is 0 Å². The van der Waals surface area contributed by atoms with Crippen molar-refractivity contribution in [3.05, 3.63) is 97.7 Å². The van der Waals surface area contributed by atoms with Crippen molar-refractivity contribution in [1.82, 2.24) is 19.6 Å². The molecule has 4 rings (SSSR count). The topological polar surface area (TPSA) is 130 Å². The number of aromatic nitrogens is 4. The van der Waals surface area contributed by atoms with Gasteiger partial charge in [0.25, 0.3) is 5.82 Å². The van der Waals surface area contributed by atoms with Crippen LogP contribution in [0.2, 0.25) is 0 Å². The van der Waals surface area contributed by atoms with E-state index in [2.05, 4.69) is 15.0 Å². The Kier molecular flexibility index (Phi) is 5.35. The minimum Gasteiger partial charge on any atom is -0.390 e. The summed E-state index contributed by atoms with van der Waals surface area (Å²) in [5.74, 6) is -0.179. The zero-order valence-corrected chi connectivity index (χ0v) is 16.2. The summed E-state index contributed by atoms with van der Waals surface area (Å²) in [7, 11) is 0. The van der Waals surface area contributed by atoms with Gasteiger partial charge in [-0.1, -0.05) is 77.4 Å². The molecule has 0 N–H and O–H groups in total. The summed E-state index contributed by atoms with van der Waals surface area (Å²) in [5.41, 5.74) is 1.99. The largest absolute Gasteiger partial charge is 0.471 e. The van der Waals surface area contributed by atoms with Crippen LogP contribution in [0.15, 0.2) is 65.8 Å². The first-order valence-corrected chi connectivity index (χ1v) is 9.80. The van der Waals surface area contributed by atoms with E-state index in [1.807, 2.05) is 60.7 Å². The second-order valence-corrected chi connectivity index (χ2v) is 7.22. The van der Waals surface area contributed by atoms with E-state index in [0.29, 0.717) is 5.75 Å². The number of nitrogens with zero attached hydrogens (tertiary/aromatic N) is 6. The molecule has 0 aliphatic carbocycles. The van der Waals surface area contributed by atoms with Crippen molar-refractivity contribution in [2.75, 3.05) is 0 Å². The molecule has 2 aromatic carbocycles. The summed E-state index contributed by atoms with van der Waals surface area (Å²) in [6, 6.07) is 18.5. The van der Waals surface area contributed by atoms with Crippen molar-refractivity contribution in [3.63, 3.8) is 0 Å². The van der Waals surface area contributed by atoms with Gasteiger partial charge in [-0.25, -0.2) is 10.1 Å². The number of fused-ring (bicyclic) bond motifs is 1. The van der Waals surface area contributed by atoms with Crippen LogP contribution in [-0.2, 0) is 12.2 Å². The highest BCUT2D eigenvalue weighted by atomic mass is 32.2. The van der Waals surface area contributed by atoms with Crippen LogP contribution in [0.4, 0.5) is 5.95 Å². The second kappa shape index (κ2) is 8.25. The van der Waals surface area contributed by atoms with Crippen LogP contribution in [0.3, 0.4) is 0 Å². The fourth-order valence-corrected chi connectivity index (χ4v) is 3.90. The van der Waals surface area contributed by atoms with Gasteiger partial charge in [0.05, 0.1) is 0 Å². The van der Waals surface area contributed by atoms with E-state index in [1.54, 1.807) is 0 Å². The monoisotopic (exact) mass is 422 g/mol. The molecule has 0 atom stereocenters. The van der Waals surface area contributed by atoms with Gasteiger partial charge < -0.3 is 10.1 Å². The van der Waals surface area contributed by atoms with Gasteiger partial charge in [-0.05, 0) is 25.7 Å². The van der Waals surface area contributed by atoms with Crippen LogP contribution in [-0.4, -0.2) is 29.6 Å². The molecule has 0 bridgehead atoms. The predicted octanol–water partition coefficient (Wildman–Crippen LogP) is 3.61. The summed E-state index contributed by atoms with van der Waals surface area (Å²) < 4.78 is 0.849. The molecular weight excluding hydrogens is 408 g/mol. The van der Waals surface area contributed by atoms with Gasteiger partial charge in [-0.2, -0.15) is 4.98 Å². The SMILES string of the molecule is O=[N+]([O-])c1nc2nc(SCc3ccccc3)n([N+](=O)[O-])c(Cc3ccccc3)c-2n1. The summed E-state index contributed by atoms with van der Waals surface area (Å²) in [6.45, 7) is 0. The Bertz CT molecular complexity index is 1180. The van der Waals surface area contributed by atoms with Gasteiger partial charge in [-0.15, -0.1) is 0 Å². The molecule has 0 radical (unpaired) electrons. The zero-order valence-electron chi connectivity index (χ0n) is 15.4. The lowest BCUT2D eigenvalue weighted by Gasteiger charge is -2.11. The highest BCUT2D eigenvalue weighted by Crippen LogP contribution is 2.32. The molecule has 0 amide bonds. The van der Waals surface area contributed by atoms with Crippen molar-refractivity contribution in [2.24, 2.45) is 0 Å². The fourth-order valence-electron chi connectivity index (χ4n) is 2.96. The average Bonchev–Trinajstić information content (AvgIpc) is 3.18. The molecule has 2 heterocycles. The number of imidazole rings is 1. The molecule has 11 heteroatoms. The lowest BCUT2D eigenvalue weighted by atomic mass is 10.1. The highest BCUT2D eigenvalue weighted by Gasteiger charge is 2.34. The van der Waals surface area contributed by atoms with E-state index in [1.165, 1.54) is 0 Å². The van der Waals surface area contributed by atoms with Crippen molar-refractivity contribution in [3.8, 4) is 11.5 Å². The third-order valence-corrected chi connectivity index (χ3v) is 5.29. The van der Waals surface area contributed by atoms with Gasteiger partial charge in [-0.3, -0.25) is 0 Å². The van der Waals surface area contributed by atoms with Crippen LogP contribution in [0.1, 0.15) is 16.8 Å². The number of rotatable bonds is 7. The molecule has 0 fully saturated rings. The van der Waals surface area contributed by atoms with Crippen LogP contribution < -0.4 is 0 Å². The molecule has 0 saturated carbocycles. The van der Waals surface area contributed by atoms with E-state index in [4.69, 9.17) is 0 Å². The van der Waals surface area contributed by atoms with E-state index in [0.717, 1.165) is 27.6 Å². The Morgan fingerprint density at radius 2 is 1.50 bits per heavy atom. The smallest absolute Gasteiger partial charge is 0.390 e. The van der Waals surface area contributed by atoms with E-state index in [-0.39, 0.29) is 28.8 Å². The van der Waals surface area contributed by atoms with E-state index in [9.17, 15) is 20.2 Å². The van der Waals surface area contributed by atoms with Crippen molar-refractivity contribution in [2.45, 2.75) is 17.3 Å². The molecule has 30 heavy (non-hydrogen) atoms. The highest BCUT2D eigenvalue weighted by molar-refractivity contribution is 7.98. The number of hydrogen-bond donors (Lipinski definition) is 0. The summed E-state index contributed by atoms with van der Waals surface area (Å²) in [6.07, 6.45) is 0.148. The van der Waals surface area contributed by atoms with Gasteiger partial charge in [0.15, 0.2) is 5.03 Å². The Hall–Kier alpha value is -3.86. The maximum absolute atomic E-state index is 12.0. The number of thioether (sulfide) groups is 1. The first-order valence-electron chi connectivity index (χ1n) is 8.82. The summed E-state index contributed by atoms with van der Waals surface area (Å²) in [4.78, 5) is 34.4. The molecule has 2 aliphatic rings. The predicted molar refractivity (Wildman–Crippen MR) is 109 cm³/mol. The van der Waals surface area contributed by atoms with Crippen molar-refractivity contribution >= 4 is 17.7 Å². The van der Waals surface area contributed by atoms with Gasteiger partial charge in [0, 0.05) is 12.2 Å². The maximum atomic E-state index is 12.0. The Morgan fingerprint density at radius 1 is 0.867 bits per heavy atom. The summed E-state index contributed by atoms with van der Waals surface area (Å²) in [5, 5.41) is 22.6. The lowest BCUT2D eigenvalue weighted by Crippen LogP contribution is -2.21. The number of nitro groups is 2. The van der Waals surface area contributed by atoms with Crippen LogP contribution >= 0.6 is 11.8 Å². The minimum absolute atomic E-state index is 0.0151. The standard InChI is InChI=1S/C19H14N6O4S/c26-24(27)18-20-16-15(11-13-7-3-1-4-8-13)23(25(28)29)19(22-17(16)21-18)30-12-14-9-5-2-6-10-14/h1-10H,11-12H2. The Morgan fingerprint density at radius 3 is 2.10 bits per heavy atom. The van der Waals surface area contributed by atoms with Gasteiger partial charge in [0.1, 0.15) is 5.69 Å². The second-order valence-electron chi connectivity index (χ2n) is 6.28. The quantitative estimate of drug-likeness (QED) is 0.191. The number of hydrogen-bond acceptors (Lipinski definition) is 8. The summed E-state index contributed by atoms with van der Waals surface area (Å²) >= 11 is 1.16. The third-order valence-electron chi connectivity index (χ3n) is 4.29.